The molecule has 2 aromatic rings. The average molecular weight is 433 g/mol. The minimum absolute atomic E-state index is 0.270. The lowest BCUT2D eigenvalue weighted by atomic mass is 9.96. The van der Waals surface area contributed by atoms with Crippen LogP contribution in [-0.4, -0.2) is 23.6 Å². The number of imide groups is 2. The summed E-state index contributed by atoms with van der Waals surface area (Å²) >= 11 is 0. The molecule has 2 N–H and O–H groups in total. The summed E-state index contributed by atoms with van der Waals surface area (Å²) < 4.78 is 0. The number of rotatable bonds is 11. The van der Waals surface area contributed by atoms with E-state index in [4.69, 9.17) is 0 Å². The Morgan fingerprint density at radius 3 is 1.25 bits per heavy atom. The van der Waals surface area contributed by atoms with Gasteiger partial charge in [-0.3, -0.25) is 29.8 Å². The summed E-state index contributed by atoms with van der Waals surface area (Å²) in [4.78, 5) is 47.4. The zero-order chi connectivity index (χ0) is 22.5. The molecular formula is C26H28N2O4. The van der Waals surface area contributed by atoms with Crippen molar-refractivity contribution >= 4 is 23.6 Å². The van der Waals surface area contributed by atoms with Gasteiger partial charge in [0.25, 0.3) is 23.6 Å². The van der Waals surface area contributed by atoms with Crippen molar-refractivity contribution in [2.75, 3.05) is 0 Å². The predicted molar refractivity (Wildman–Crippen MR) is 121 cm³/mol. The molecule has 32 heavy (non-hydrogen) atoms. The van der Waals surface area contributed by atoms with Gasteiger partial charge in [-0.2, -0.15) is 0 Å². The van der Waals surface area contributed by atoms with E-state index in [0.717, 1.165) is 62.5 Å². The number of unbranched alkanes of at least 4 members (excludes halogenated alkanes) is 7. The Kier molecular flexibility index (Phi) is 6.78. The Balaban J connectivity index is 1.10. The predicted octanol–water partition coefficient (Wildman–Crippen LogP) is 4.36. The maximum absolute atomic E-state index is 12.0. The third-order valence-electron chi connectivity index (χ3n) is 6.34. The van der Waals surface area contributed by atoms with Gasteiger partial charge in [-0.15, -0.1) is 0 Å². The molecule has 0 radical (unpaired) electrons. The Labute approximate surface area is 187 Å². The van der Waals surface area contributed by atoms with E-state index in [2.05, 4.69) is 10.6 Å². The lowest BCUT2D eigenvalue weighted by Crippen LogP contribution is -2.20. The number of amides is 4. The van der Waals surface area contributed by atoms with Crippen molar-refractivity contribution in [3.8, 4) is 0 Å². The number of benzene rings is 2. The summed E-state index contributed by atoms with van der Waals surface area (Å²) in [6, 6.07) is 11.0. The van der Waals surface area contributed by atoms with Crippen LogP contribution in [-0.2, 0) is 12.8 Å². The normalized spacial score (nSPS) is 14.4. The summed E-state index contributed by atoms with van der Waals surface area (Å²) in [5, 5.41) is 4.74. The maximum Gasteiger partial charge on any atom is 0.259 e. The van der Waals surface area contributed by atoms with Crippen LogP contribution < -0.4 is 10.6 Å². The van der Waals surface area contributed by atoms with Gasteiger partial charge >= 0.3 is 0 Å². The number of carbonyl (C=O) groups excluding carboxylic acids is 4. The van der Waals surface area contributed by atoms with Crippen molar-refractivity contribution in [2.45, 2.75) is 64.2 Å². The fourth-order valence-corrected chi connectivity index (χ4v) is 4.69. The van der Waals surface area contributed by atoms with E-state index in [-0.39, 0.29) is 23.6 Å². The summed E-state index contributed by atoms with van der Waals surface area (Å²) in [7, 11) is 0. The first-order valence-electron chi connectivity index (χ1n) is 11.5. The minimum atomic E-state index is -0.291. The van der Waals surface area contributed by atoms with Crippen LogP contribution in [0.2, 0.25) is 0 Å². The third-order valence-corrected chi connectivity index (χ3v) is 6.34. The molecule has 4 amide bonds. The van der Waals surface area contributed by atoms with Crippen molar-refractivity contribution < 1.29 is 19.2 Å². The Bertz CT molecular complexity index is 988. The smallest absolute Gasteiger partial charge is 0.259 e. The van der Waals surface area contributed by atoms with Crippen LogP contribution in [0.5, 0.6) is 0 Å². The molecule has 0 saturated heterocycles. The number of fused-ring (bicyclic) bond motifs is 2. The van der Waals surface area contributed by atoms with Gasteiger partial charge in [0.15, 0.2) is 0 Å². The molecule has 166 valence electrons. The monoisotopic (exact) mass is 432 g/mol. The van der Waals surface area contributed by atoms with Crippen LogP contribution in [0.3, 0.4) is 0 Å². The fraction of sp³-hybridized carbons (Fsp3) is 0.385. The van der Waals surface area contributed by atoms with Crippen molar-refractivity contribution in [1.29, 1.82) is 0 Å². The van der Waals surface area contributed by atoms with E-state index >= 15 is 0 Å². The van der Waals surface area contributed by atoms with Crippen molar-refractivity contribution in [3.05, 3.63) is 69.8 Å². The molecule has 0 atom stereocenters. The van der Waals surface area contributed by atoms with Crippen LogP contribution in [0, 0.1) is 0 Å². The molecule has 0 fully saturated rings. The summed E-state index contributed by atoms with van der Waals surface area (Å²) in [5.74, 6) is -1.12. The molecule has 0 aliphatic carbocycles. The van der Waals surface area contributed by atoms with Gasteiger partial charge in [0.05, 0.1) is 22.3 Å². The van der Waals surface area contributed by atoms with E-state index in [1.54, 1.807) is 12.1 Å². The molecule has 2 aliphatic rings. The van der Waals surface area contributed by atoms with Crippen LogP contribution >= 0.6 is 0 Å². The maximum atomic E-state index is 12.0. The second-order valence-corrected chi connectivity index (χ2v) is 8.57. The lowest BCUT2D eigenvalue weighted by molar-refractivity contribution is 0.0862. The standard InChI is InChI=1S/C26H28N2O4/c29-23-19-15-9-13-17(21(19)25(31)27-23)11-7-5-3-1-2-4-6-8-12-18-14-10-16-20-22(18)26(32)28-24(20)30/h9-10,13-16H,1-8,11-12H2,(H,27,29,31)(H,28,30,32). The summed E-state index contributed by atoms with van der Waals surface area (Å²) in [6.45, 7) is 0. The number of carbonyl (C=O) groups is 4. The molecule has 0 unspecified atom stereocenters. The second-order valence-electron chi connectivity index (χ2n) is 8.57. The molecular weight excluding hydrogens is 404 g/mol. The van der Waals surface area contributed by atoms with Crippen molar-refractivity contribution in [2.24, 2.45) is 0 Å². The highest BCUT2D eigenvalue weighted by atomic mass is 16.2. The molecule has 2 aliphatic heterocycles. The van der Waals surface area contributed by atoms with E-state index in [1.807, 2.05) is 24.3 Å². The highest BCUT2D eigenvalue weighted by Gasteiger charge is 2.29. The van der Waals surface area contributed by atoms with E-state index < -0.39 is 0 Å². The Morgan fingerprint density at radius 1 is 0.469 bits per heavy atom. The van der Waals surface area contributed by atoms with Crippen LogP contribution in [0.1, 0.15) is 104 Å². The second kappa shape index (κ2) is 9.90. The van der Waals surface area contributed by atoms with E-state index in [9.17, 15) is 19.2 Å². The van der Waals surface area contributed by atoms with Gasteiger partial charge in [-0.05, 0) is 48.9 Å². The molecule has 0 spiro atoms. The topological polar surface area (TPSA) is 92.3 Å². The van der Waals surface area contributed by atoms with Crippen molar-refractivity contribution in [1.82, 2.24) is 10.6 Å². The van der Waals surface area contributed by atoms with Crippen LogP contribution in [0.4, 0.5) is 0 Å². The van der Waals surface area contributed by atoms with Gasteiger partial charge in [0, 0.05) is 0 Å². The molecule has 0 bridgehead atoms. The Hall–Kier alpha value is -3.28. The number of aryl methyl sites for hydroxylation is 2. The lowest BCUT2D eigenvalue weighted by Gasteiger charge is -2.07. The van der Waals surface area contributed by atoms with Crippen LogP contribution in [0.15, 0.2) is 36.4 Å². The number of hydrogen-bond acceptors (Lipinski definition) is 4. The average Bonchev–Trinajstić information content (AvgIpc) is 3.25. The first-order valence-corrected chi connectivity index (χ1v) is 11.5. The van der Waals surface area contributed by atoms with E-state index in [1.165, 1.54) is 12.8 Å². The van der Waals surface area contributed by atoms with E-state index in [0.29, 0.717) is 22.3 Å². The zero-order valence-corrected chi connectivity index (χ0v) is 18.2. The molecule has 0 aromatic heterocycles. The highest BCUT2D eigenvalue weighted by Crippen LogP contribution is 2.23. The quantitative estimate of drug-likeness (QED) is 0.408. The summed E-state index contributed by atoms with van der Waals surface area (Å²) in [5.41, 5.74) is 4.05. The fourth-order valence-electron chi connectivity index (χ4n) is 4.69. The van der Waals surface area contributed by atoms with Crippen molar-refractivity contribution in [3.63, 3.8) is 0 Å². The molecule has 6 nitrogen and oxygen atoms in total. The molecule has 4 rings (SSSR count). The first kappa shape index (κ1) is 21.9. The Morgan fingerprint density at radius 2 is 0.844 bits per heavy atom. The largest absolute Gasteiger partial charge is 0.288 e. The minimum Gasteiger partial charge on any atom is -0.288 e. The molecule has 2 aromatic carbocycles. The molecule has 0 saturated carbocycles. The number of nitrogens with one attached hydrogen (secondary N) is 2. The number of hydrogen-bond donors (Lipinski definition) is 2. The molecule has 2 heterocycles. The van der Waals surface area contributed by atoms with Gasteiger partial charge in [-0.1, -0.05) is 62.8 Å². The highest BCUT2D eigenvalue weighted by molar-refractivity contribution is 6.22. The van der Waals surface area contributed by atoms with Crippen LogP contribution in [0.25, 0.3) is 0 Å². The van der Waals surface area contributed by atoms with Gasteiger partial charge in [0.2, 0.25) is 0 Å². The third kappa shape index (κ3) is 4.64. The first-order chi connectivity index (χ1) is 15.6. The zero-order valence-electron chi connectivity index (χ0n) is 18.2. The van der Waals surface area contributed by atoms with Gasteiger partial charge in [0.1, 0.15) is 0 Å². The molecule has 6 heteroatoms. The SMILES string of the molecule is O=C1NC(=O)c2c(CCCCCCCCCCc3cccc4c3C(=O)NC4=O)cccc21. The summed E-state index contributed by atoms with van der Waals surface area (Å²) in [6.07, 6.45) is 10.6. The van der Waals surface area contributed by atoms with Gasteiger partial charge < -0.3 is 0 Å². The van der Waals surface area contributed by atoms with Gasteiger partial charge in [-0.25, -0.2) is 0 Å².